The van der Waals surface area contributed by atoms with E-state index in [1.165, 1.54) is 0 Å². The lowest BCUT2D eigenvalue weighted by Gasteiger charge is -2.13. The Morgan fingerprint density at radius 2 is 1.65 bits per heavy atom. The van der Waals surface area contributed by atoms with Gasteiger partial charge in [-0.15, -0.1) is 0 Å². The van der Waals surface area contributed by atoms with Crippen LogP contribution in [0, 0.1) is 0 Å². The van der Waals surface area contributed by atoms with Crippen LogP contribution in [0.5, 0.6) is 11.5 Å². The number of ether oxygens (including phenoxy) is 2. The molecule has 0 fully saturated rings. The Balaban J connectivity index is 1.94. The SMILES string of the molecule is CC(C)c1ccccc1OCC(=O)Oc1ccccc1. The number of carbonyl (C=O) groups excluding carboxylic acids is 1. The van der Waals surface area contributed by atoms with Crippen molar-refractivity contribution in [2.75, 3.05) is 6.61 Å². The fourth-order valence-corrected chi connectivity index (χ4v) is 1.88. The second-order valence-electron chi connectivity index (χ2n) is 4.77. The number of rotatable bonds is 5. The molecular formula is C17H18O3. The van der Waals surface area contributed by atoms with E-state index in [0.29, 0.717) is 11.7 Å². The molecule has 0 N–H and O–H groups in total. The average Bonchev–Trinajstić information content (AvgIpc) is 2.46. The fourth-order valence-electron chi connectivity index (χ4n) is 1.88. The minimum absolute atomic E-state index is 0.0986. The second-order valence-corrected chi connectivity index (χ2v) is 4.77. The first kappa shape index (κ1) is 14.1. The van der Waals surface area contributed by atoms with Crippen molar-refractivity contribution in [1.82, 2.24) is 0 Å². The largest absolute Gasteiger partial charge is 0.482 e. The van der Waals surface area contributed by atoms with E-state index in [4.69, 9.17) is 9.47 Å². The molecule has 0 saturated carbocycles. The van der Waals surface area contributed by atoms with Gasteiger partial charge in [0.25, 0.3) is 0 Å². The highest BCUT2D eigenvalue weighted by molar-refractivity contribution is 5.74. The maximum absolute atomic E-state index is 11.7. The number of benzene rings is 2. The molecule has 0 saturated heterocycles. The molecule has 104 valence electrons. The zero-order valence-electron chi connectivity index (χ0n) is 11.7. The Hall–Kier alpha value is -2.29. The third kappa shape index (κ3) is 3.85. The molecule has 0 aliphatic carbocycles. The highest BCUT2D eigenvalue weighted by Crippen LogP contribution is 2.25. The van der Waals surface area contributed by atoms with Gasteiger partial charge in [-0.25, -0.2) is 4.79 Å². The normalized spacial score (nSPS) is 10.3. The summed E-state index contributed by atoms with van der Waals surface area (Å²) in [6, 6.07) is 16.7. The predicted molar refractivity (Wildman–Crippen MR) is 78.1 cm³/mol. The molecule has 2 rings (SSSR count). The van der Waals surface area contributed by atoms with Gasteiger partial charge in [0.05, 0.1) is 0 Å². The van der Waals surface area contributed by atoms with Crippen LogP contribution in [0.25, 0.3) is 0 Å². The first-order valence-electron chi connectivity index (χ1n) is 6.64. The van der Waals surface area contributed by atoms with E-state index in [2.05, 4.69) is 13.8 Å². The van der Waals surface area contributed by atoms with Crippen molar-refractivity contribution in [1.29, 1.82) is 0 Å². The van der Waals surface area contributed by atoms with Crippen molar-refractivity contribution in [3.05, 3.63) is 60.2 Å². The minimum atomic E-state index is -0.408. The van der Waals surface area contributed by atoms with Crippen LogP contribution in [0.4, 0.5) is 0 Å². The number of hydrogen-bond acceptors (Lipinski definition) is 3. The topological polar surface area (TPSA) is 35.5 Å². The zero-order valence-corrected chi connectivity index (χ0v) is 11.7. The summed E-state index contributed by atoms with van der Waals surface area (Å²) in [4.78, 5) is 11.7. The Kier molecular flexibility index (Phi) is 4.77. The lowest BCUT2D eigenvalue weighted by molar-refractivity contribution is -0.136. The van der Waals surface area contributed by atoms with Gasteiger partial charge in [0, 0.05) is 0 Å². The molecule has 0 unspecified atom stereocenters. The first-order chi connectivity index (χ1) is 9.66. The molecule has 0 bridgehead atoms. The molecule has 2 aromatic carbocycles. The molecule has 0 aromatic heterocycles. The van der Waals surface area contributed by atoms with Crippen molar-refractivity contribution >= 4 is 5.97 Å². The van der Waals surface area contributed by atoms with E-state index in [9.17, 15) is 4.79 Å². The highest BCUT2D eigenvalue weighted by atomic mass is 16.6. The fraction of sp³-hybridized carbons (Fsp3) is 0.235. The van der Waals surface area contributed by atoms with Crippen molar-refractivity contribution in [2.45, 2.75) is 19.8 Å². The summed E-state index contributed by atoms with van der Waals surface area (Å²) in [5.41, 5.74) is 1.08. The average molecular weight is 270 g/mol. The van der Waals surface area contributed by atoms with E-state index >= 15 is 0 Å². The van der Waals surface area contributed by atoms with Gasteiger partial charge in [0.2, 0.25) is 0 Å². The van der Waals surface area contributed by atoms with Gasteiger partial charge in [0.1, 0.15) is 11.5 Å². The number of esters is 1. The molecule has 0 aliphatic rings. The quantitative estimate of drug-likeness (QED) is 0.612. The van der Waals surface area contributed by atoms with E-state index in [0.717, 1.165) is 11.3 Å². The Morgan fingerprint density at radius 3 is 2.35 bits per heavy atom. The first-order valence-corrected chi connectivity index (χ1v) is 6.64. The molecule has 20 heavy (non-hydrogen) atoms. The molecule has 0 radical (unpaired) electrons. The summed E-state index contributed by atoms with van der Waals surface area (Å²) in [6.45, 7) is 4.08. The zero-order chi connectivity index (χ0) is 14.4. The Bertz CT molecular complexity index is 561. The second kappa shape index (κ2) is 6.75. The molecule has 3 nitrogen and oxygen atoms in total. The van der Waals surface area contributed by atoms with Gasteiger partial charge in [-0.05, 0) is 29.7 Å². The Morgan fingerprint density at radius 1 is 1.00 bits per heavy atom. The molecule has 0 heterocycles. The molecule has 0 amide bonds. The Labute approximate surface area is 119 Å². The third-order valence-corrected chi connectivity index (χ3v) is 2.86. The number of para-hydroxylation sites is 2. The van der Waals surface area contributed by atoms with Gasteiger partial charge < -0.3 is 9.47 Å². The maximum Gasteiger partial charge on any atom is 0.349 e. The van der Waals surface area contributed by atoms with Crippen molar-refractivity contribution in [2.24, 2.45) is 0 Å². The van der Waals surface area contributed by atoms with Crippen LogP contribution in [-0.4, -0.2) is 12.6 Å². The van der Waals surface area contributed by atoms with E-state index in [1.807, 2.05) is 42.5 Å². The summed E-state index contributed by atoms with van der Waals surface area (Å²) < 4.78 is 10.7. The lowest BCUT2D eigenvalue weighted by Crippen LogP contribution is -2.18. The molecule has 0 aliphatic heterocycles. The smallest absolute Gasteiger partial charge is 0.349 e. The number of hydrogen-bond donors (Lipinski definition) is 0. The van der Waals surface area contributed by atoms with Crippen molar-refractivity contribution in [3.63, 3.8) is 0 Å². The summed E-state index contributed by atoms with van der Waals surface area (Å²) in [7, 11) is 0. The van der Waals surface area contributed by atoms with Gasteiger partial charge in [-0.3, -0.25) is 0 Å². The lowest BCUT2D eigenvalue weighted by atomic mass is 10.0. The van der Waals surface area contributed by atoms with E-state index in [-0.39, 0.29) is 6.61 Å². The monoisotopic (exact) mass is 270 g/mol. The van der Waals surface area contributed by atoms with Crippen LogP contribution in [0.3, 0.4) is 0 Å². The van der Waals surface area contributed by atoms with Crippen LogP contribution >= 0.6 is 0 Å². The van der Waals surface area contributed by atoms with Crippen LogP contribution < -0.4 is 9.47 Å². The van der Waals surface area contributed by atoms with E-state index < -0.39 is 5.97 Å². The van der Waals surface area contributed by atoms with Crippen LogP contribution in [0.15, 0.2) is 54.6 Å². The van der Waals surface area contributed by atoms with Crippen LogP contribution in [0.2, 0.25) is 0 Å². The van der Waals surface area contributed by atoms with Crippen LogP contribution in [0.1, 0.15) is 25.3 Å². The highest BCUT2D eigenvalue weighted by Gasteiger charge is 2.10. The van der Waals surface area contributed by atoms with Crippen molar-refractivity contribution in [3.8, 4) is 11.5 Å². The molecule has 0 spiro atoms. The van der Waals surface area contributed by atoms with Gasteiger partial charge >= 0.3 is 5.97 Å². The maximum atomic E-state index is 11.7. The van der Waals surface area contributed by atoms with Gasteiger partial charge in [-0.1, -0.05) is 50.2 Å². The van der Waals surface area contributed by atoms with Gasteiger partial charge in [0.15, 0.2) is 6.61 Å². The number of carbonyl (C=O) groups is 1. The van der Waals surface area contributed by atoms with Crippen LogP contribution in [-0.2, 0) is 4.79 Å². The summed E-state index contributed by atoms with van der Waals surface area (Å²) in [5, 5.41) is 0. The van der Waals surface area contributed by atoms with E-state index in [1.54, 1.807) is 12.1 Å². The van der Waals surface area contributed by atoms with Gasteiger partial charge in [-0.2, -0.15) is 0 Å². The minimum Gasteiger partial charge on any atom is -0.482 e. The third-order valence-electron chi connectivity index (χ3n) is 2.86. The standard InChI is InChI=1S/C17H18O3/c1-13(2)15-10-6-7-11-16(15)19-12-17(18)20-14-8-4-3-5-9-14/h3-11,13H,12H2,1-2H3. The summed E-state index contributed by atoms with van der Waals surface area (Å²) >= 11 is 0. The summed E-state index contributed by atoms with van der Waals surface area (Å²) in [5.74, 6) is 1.19. The molecular weight excluding hydrogens is 252 g/mol. The summed E-state index contributed by atoms with van der Waals surface area (Å²) in [6.07, 6.45) is 0. The predicted octanol–water partition coefficient (Wildman–Crippen LogP) is 3.79. The molecule has 2 aromatic rings. The molecule has 3 heteroatoms. The van der Waals surface area contributed by atoms with Crippen molar-refractivity contribution < 1.29 is 14.3 Å². The molecule has 0 atom stereocenters.